The average molecular weight is 448 g/mol. The van der Waals surface area contributed by atoms with Crippen molar-refractivity contribution in [2.45, 2.75) is 12.8 Å². The lowest BCUT2D eigenvalue weighted by Gasteiger charge is -2.21. The van der Waals surface area contributed by atoms with Crippen LogP contribution in [0.5, 0.6) is 0 Å². The zero-order valence-electron chi connectivity index (χ0n) is 16.6. The lowest BCUT2D eigenvalue weighted by atomic mass is 10.1. The molecular formula is C22H23Cl2N3O3. The number of halogens is 2. The van der Waals surface area contributed by atoms with Crippen molar-refractivity contribution < 1.29 is 14.4 Å². The molecule has 158 valence electrons. The van der Waals surface area contributed by atoms with Gasteiger partial charge in [-0.05, 0) is 24.1 Å². The Morgan fingerprint density at radius 1 is 1.10 bits per heavy atom. The van der Waals surface area contributed by atoms with Crippen LogP contribution in [0, 0.1) is 5.92 Å². The Hall–Kier alpha value is -2.57. The minimum atomic E-state index is -0.449. The van der Waals surface area contributed by atoms with Crippen LogP contribution in [-0.2, 0) is 20.8 Å². The maximum Gasteiger partial charge on any atom is 0.244 e. The van der Waals surface area contributed by atoms with Crippen LogP contribution in [0.4, 0.5) is 5.69 Å². The van der Waals surface area contributed by atoms with E-state index in [4.69, 9.17) is 23.2 Å². The van der Waals surface area contributed by atoms with Crippen LogP contribution in [0.2, 0.25) is 10.0 Å². The number of rotatable bonds is 7. The minimum Gasteiger partial charge on any atom is -0.342 e. The van der Waals surface area contributed by atoms with Crippen molar-refractivity contribution in [1.82, 2.24) is 9.80 Å². The summed E-state index contributed by atoms with van der Waals surface area (Å²) in [5, 5.41) is 3.28. The summed E-state index contributed by atoms with van der Waals surface area (Å²) in [5.74, 6) is -1.13. The molecule has 1 aliphatic rings. The van der Waals surface area contributed by atoms with Gasteiger partial charge in [-0.25, -0.2) is 0 Å². The molecule has 1 saturated heterocycles. The summed E-state index contributed by atoms with van der Waals surface area (Å²) in [6.07, 6.45) is 0.903. The Kier molecular flexibility index (Phi) is 7.34. The number of nitrogens with one attached hydrogen (secondary N) is 1. The Morgan fingerprint density at radius 3 is 2.43 bits per heavy atom. The molecule has 0 aliphatic carbocycles. The number of nitrogens with zero attached hydrogens (tertiary/aromatic N) is 2. The summed E-state index contributed by atoms with van der Waals surface area (Å²) < 4.78 is 0. The van der Waals surface area contributed by atoms with Crippen molar-refractivity contribution in [1.29, 1.82) is 0 Å². The lowest BCUT2D eigenvalue weighted by Crippen LogP contribution is -2.39. The fourth-order valence-electron chi connectivity index (χ4n) is 3.46. The Labute approximate surface area is 185 Å². The monoisotopic (exact) mass is 447 g/mol. The molecule has 1 N–H and O–H groups in total. The predicted molar refractivity (Wildman–Crippen MR) is 118 cm³/mol. The summed E-state index contributed by atoms with van der Waals surface area (Å²) in [6.45, 7) is 0.781. The van der Waals surface area contributed by atoms with Crippen LogP contribution in [-0.4, -0.2) is 54.2 Å². The van der Waals surface area contributed by atoms with Gasteiger partial charge in [-0.3, -0.25) is 14.4 Å². The molecule has 2 aromatic carbocycles. The van der Waals surface area contributed by atoms with Crippen molar-refractivity contribution in [2.75, 3.05) is 32.0 Å². The number of likely N-dealkylation sites (N-methyl/N-ethyl adjacent to an activating group) is 1. The highest BCUT2D eigenvalue weighted by Crippen LogP contribution is 2.29. The predicted octanol–water partition coefficient (Wildman–Crippen LogP) is 3.48. The highest BCUT2D eigenvalue weighted by molar-refractivity contribution is 6.39. The van der Waals surface area contributed by atoms with Crippen LogP contribution < -0.4 is 5.32 Å². The summed E-state index contributed by atoms with van der Waals surface area (Å²) in [5.41, 5.74) is 1.46. The van der Waals surface area contributed by atoms with Gasteiger partial charge >= 0.3 is 0 Å². The first-order chi connectivity index (χ1) is 14.3. The molecular weight excluding hydrogens is 425 g/mol. The highest BCUT2D eigenvalue weighted by atomic mass is 35.5. The van der Waals surface area contributed by atoms with Gasteiger partial charge in [0.05, 0.1) is 28.2 Å². The van der Waals surface area contributed by atoms with Crippen molar-refractivity contribution in [3.8, 4) is 0 Å². The van der Waals surface area contributed by atoms with Gasteiger partial charge < -0.3 is 15.1 Å². The van der Waals surface area contributed by atoms with Crippen LogP contribution in [0.1, 0.15) is 12.0 Å². The number of carbonyl (C=O) groups is 3. The average Bonchev–Trinajstić information content (AvgIpc) is 3.10. The molecule has 0 aromatic heterocycles. The molecule has 6 nitrogen and oxygen atoms in total. The number of carbonyl (C=O) groups excluding carboxylic acids is 3. The van der Waals surface area contributed by atoms with Gasteiger partial charge in [-0.2, -0.15) is 0 Å². The molecule has 1 heterocycles. The molecule has 2 aromatic rings. The first-order valence-electron chi connectivity index (χ1n) is 9.65. The largest absolute Gasteiger partial charge is 0.342 e. The Morgan fingerprint density at radius 2 is 1.77 bits per heavy atom. The molecule has 1 unspecified atom stereocenters. The molecule has 8 heteroatoms. The topological polar surface area (TPSA) is 69.7 Å². The van der Waals surface area contributed by atoms with E-state index >= 15 is 0 Å². The fraction of sp³-hybridized carbons (Fsp3) is 0.318. The van der Waals surface area contributed by atoms with E-state index in [1.165, 1.54) is 4.90 Å². The van der Waals surface area contributed by atoms with Gasteiger partial charge in [0.15, 0.2) is 0 Å². The zero-order chi connectivity index (χ0) is 21.7. The number of anilines is 1. The van der Waals surface area contributed by atoms with Gasteiger partial charge in [-0.15, -0.1) is 0 Å². The van der Waals surface area contributed by atoms with Crippen LogP contribution in [0.3, 0.4) is 0 Å². The van der Waals surface area contributed by atoms with E-state index in [-0.39, 0.29) is 24.8 Å². The van der Waals surface area contributed by atoms with E-state index in [0.29, 0.717) is 28.8 Å². The van der Waals surface area contributed by atoms with Gasteiger partial charge in [0.25, 0.3) is 0 Å². The third-order valence-corrected chi connectivity index (χ3v) is 5.69. The second-order valence-corrected chi connectivity index (χ2v) is 8.13. The standard InChI is InChI=1S/C22H23Cl2N3O3/c1-26(14-19(28)25-21-17(23)8-5-9-18(21)24)22(30)16-12-20(29)27(13-16)11-10-15-6-3-2-4-7-15/h2-9,16H,10-14H2,1H3,(H,25,28). The molecule has 1 fully saturated rings. The van der Waals surface area contributed by atoms with Crippen molar-refractivity contribution in [2.24, 2.45) is 5.92 Å². The Balaban J connectivity index is 1.52. The van der Waals surface area contributed by atoms with E-state index in [0.717, 1.165) is 12.0 Å². The number of para-hydroxylation sites is 1. The molecule has 1 aliphatic heterocycles. The zero-order valence-corrected chi connectivity index (χ0v) is 18.1. The van der Waals surface area contributed by atoms with Crippen molar-refractivity contribution in [3.05, 3.63) is 64.1 Å². The maximum absolute atomic E-state index is 12.7. The smallest absolute Gasteiger partial charge is 0.244 e. The molecule has 1 atom stereocenters. The number of amides is 3. The normalized spacial score (nSPS) is 15.9. The summed E-state index contributed by atoms with van der Waals surface area (Å²) in [7, 11) is 1.55. The van der Waals surface area contributed by atoms with E-state index in [1.807, 2.05) is 30.3 Å². The van der Waals surface area contributed by atoms with Gasteiger partial charge in [0.2, 0.25) is 17.7 Å². The van der Waals surface area contributed by atoms with Crippen molar-refractivity contribution in [3.63, 3.8) is 0 Å². The van der Waals surface area contributed by atoms with Crippen LogP contribution >= 0.6 is 23.2 Å². The van der Waals surface area contributed by atoms with Crippen LogP contribution in [0.25, 0.3) is 0 Å². The first-order valence-corrected chi connectivity index (χ1v) is 10.4. The summed E-state index contributed by atoms with van der Waals surface area (Å²) in [6, 6.07) is 14.8. The van der Waals surface area contributed by atoms with Gasteiger partial charge in [0.1, 0.15) is 0 Å². The molecule has 3 amide bonds. The number of benzene rings is 2. The van der Waals surface area contributed by atoms with Crippen LogP contribution in [0.15, 0.2) is 48.5 Å². The van der Waals surface area contributed by atoms with E-state index < -0.39 is 11.8 Å². The number of likely N-dealkylation sites (tertiary alicyclic amines) is 1. The van der Waals surface area contributed by atoms with Gasteiger partial charge in [0, 0.05) is 26.6 Å². The second kappa shape index (κ2) is 9.96. The molecule has 0 saturated carbocycles. The first kappa shape index (κ1) is 22.1. The maximum atomic E-state index is 12.7. The van der Waals surface area contributed by atoms with E-state index in [9.17, 15) is 14.4 Å². The summed E-state index contributed by atoms with van der Waals surface area (Å²) in [4.78, 5) is 40.4. The molecule has 30 heavy (non-hydrogen) atoms. The van der Waals surface area contributed by atoms with E-state index in [2.05, 4.69) is 5.32 Å². The molecule has 0 radical (unpaired) electrons. The second-order valence-electron chi connectivity index (χ2n) is 7.32. The quantitative estimate of drug-likeness (QED) is 0.705. The van der Waals surface area contributed by atoms with Gasteiger partial charge in [-0.1, -0.05) is 59.6 Å². The highest BCUT2D eigenvalue weighted by Gasteiger charge is 2.35. The SMILES string of the molecule is CN(CC(=O)Nc1c(Cl)cccc1Cl)C(=O)C1CC(=O)N(CCc2ccccc2)C1. The molecule has 0 bridgehead atoms. The number of hydrogen-bond donors (Lipinski definition) is 1. The molecule has 3 rings (SSSR count). The molecule has 0 spiro atoms. The van der Waals surface area contributed by atoms with Crippen molar-refractivity contribution >= 4 is 46.6 Å². The van der Waals surface area contributed by atoms with E-state index in [1.54, 1.807) is 30.1 Å². The minimum absolute atomic E-state index is 0.0371. The number of hydrogen-bond acceptors (Lipinski definition) is 3. The lowest BCUT2D eigenvalue weighted by molar-refractivity contribution is -0.137. The third-order valence-electron chi connectivity index (χ3n) is 5.06. The summed E-state index contributed by atoms with van der Waals surface area (Å²) >= 11 is 12.1. The Bertz CT molecular complexity index is 916. The fourth-order valence-corrected chi connectivity index (χ4v) is 3.96. The third kappa shape index (κ3) is 5.52.